The topological polar surface area (TPSA) is 134 Å². The Morgan fingerprint density at radius 3 is 2.70 bits per heavy atom. The van der Waals surface area contributed by atoms with Crippen molar-refractivity contribution >= 4 is 17.8 Å². The minimum Gasteiger partial charge on any atom is -0.477 e. The molecule has 11 heteroatoms. The summed E-state index contributed by atoms with van der Waals surface area (Å²) in [5, 5.41) is 17.1. The highest BCUT2D eigenvalue weighted by Crippen LogP contribution is 2.12. The van der Waals surface area contributed by atoms with Crippen LogP contribution < -0.4 is 0 Å². The molecule has 1 fully saturated rings. The van der Waals surface area contributed by atoms with Gasteiger partial charge in [0.15, 0.2) is 0 Å². The van der Waals surface area contributed by atoms with E-state index in [1.807, 2.05) is 4.90 Å². The van der Waals surface area contributed by atoms with Gasteiger partial charge in [-0.2, -0.15) is 0 Å². The fourth-order valence-electron chi connectivity index (χ4n) is 3.34. The summed E-state index contributed by atoms with van der Waals surface area (Å²) in [5.41, 5.74) is 0.697. The van der Waals surface area contributed by atoms with Crippen LogP contribution in [-0.4, -0.2) is 86.0 Å². The zero-order chi connectivity index (χ0) is 21.5. The molecule has 0 aliphatic carbocycles. The molecule has 0 bridgehead atoms. The van der Waals surface area contributed by atoms with Crippen LogP contribution in [0.4, 0.5) is 0 Å². The third-order valence-electron chi connectivity index (χ3n) is 4.96. The van der Waals surface area contributed by atoms with Crippen LogP contribution in [0.1, 0.15) is 45.8 Å². The van der Waals surface area contributed by atoms with Gasteiger partial charge in [-0.1, -0.05) is 5.21 Å². The second kappa shape index (κ2) is 10.0. The summed E-state index contributed by atoms with van der Waals surface area (Å²) in [4.78, 5) is 42.2. The van der Waals surface area contributed by atoms with Crippen LogP contribution in [0.5, 0.6) is 0 Å². The number of carbonyl (C=O) groups is 3. The Morgan fingerprint density at radius 1 is 1.27 bits per heavy atom. The van der Waals surface area contributed by atoms with Crippen molar-refractivity contribution in [2.45, 2.75) is 32.4 Å². The van der Waals surface area contributed by atoms with Crippen molar-refractivity contribution in [1.82, 2.24) is 29.8 Å². The molecule has 1 saturated heterocycles. The van der Waals surface area contributed by atoms with Crippen molar-refractivity contribution < 1.29 is 24.2 Å². The molecule has 11 nitrogen and oxygen atoms in total. The van der Waals surface area contributed by atoms with E-state index in [1.165, 1.54) is 29.0 Å². The molecule has 162 valence electrons. The van der Waals surface area contributed by atoms with E-state index < -0.39 is 5.97 Å². The molecule has 2 amide bonds. The molecule has 0 saturated carbocycles. The molecule has 2 aromatic rings. The number of carbonyl (C=O) groups excluding carboxylic acids is 2. The molecule has 0 spiro atoms. The van der Waals surface area contributed by atoms with Crippen molar-refractivity contribution in [2.75, 3.05) is 33.4 Å². The lowest BCUT2D eigenvalue weighted by molar-refractivity contribution is -0.132. The summed E-state index contributed by atoms with van der Waals surface area (Å²) in [6.07, 6.45) is 6.20. The number of rotatable bonds is 9. The Labute approximate surface area is 173 Å². The number of H-pyrrole nitrogens is 1. The molecular formula is C19H26N6O5. The molecule has 1 aliphatic rings. The molecule has 2 aromatic heterocycles. The van der Waals surface area contributed by atoms with E-state index in [0.717, 1.165) is 32.4 Å². The van der Waals surface area contributed by atoms with Crippen LogP contribution in [0.3, 0.4) is 0 Å². The van der Waals surface area contributed by atoms with Crippen LogP contribution in [0.2, 0.25) is 0 Å². The third kappa shape index (κ3) is 5.44. The summed E-state index contributed by atoms with van der Waals surface area (Å²) in [6, 6.07) is 1.29. The number of hydrogen-bond acceptors (Lipinski definition) is 6. The number of hydrogen-bond donors (Lipinski definition) is 2. The maximum absolute atomic E-state index is 12.8. The van der Waals surface area contributed by atoms with Gasteiger partial charge in [0.25, 0.3) is 5.91 Å². The van der Waals surface area contributed by atoms with Crippen molar-refractivity contribution in [3.8, 4) is 0 Å². The zero-order valence-corrected chi connectivity index (χ0v) is 16.9. The number of piperidine rings is 1. The van der Waals surface area contributed by atoms with E-state index >= 15 is 0 Å². The molecule has 0 atom stereocenters. The van der Waals surface area contributed by atoms with E-state index in [9.17, 15) is 14.4 Å². The van der Waals surface area contributed by atoms with E-state index in [0.29, 0.717) is 18.8 Å². The maximum atomic E-state index is 12.8. The second-order valence-electron chi connectivity index (χ2n) is 7.18. The number of aromatic amines is 1. The van der Waals surface area contributed by atoms with E-state index in [-0.39, 0.29) is 36.2 Å². The quantitative estimate of drug-likeness (QED) is 0.609. The number of likely N-dealkylation sites (tertiary alicyclic amines) is 1. The molecule has 30 heavy (non-hydrogen) atoms. The van der Waals surface area contributed by atoms with Crippen LogP contribution in [0.25, 0.3) is 0 Å². The Balaban J connectivity index is 1.65. The number of nitrogens with zero attached hydrogens (tertiary/aromatic N) is 5. The Morgan fingerprint density at radius 2 is 2.03 bits per heavy atom. The van der Waals surface area contributed by atoms with E-state index in [1.54, 1.807) is 6.20 Å². The van der Waals surface area contributed by atoms with Gasteiger partial charge in [0.1, 0.15) is 17.9 Å². The van der Waals surface area contributed by atoms with Crippen molar-refractivity contribution in [3.63, 3.8) is 0 Å². The highest BCUT2D eigenvalue weighted by Gasteiger charge is 2.21. The highest BCUT2D eigenvalue weighted by molar-refractivity contribution is 5.97. The Kier molecular flexibility index (Phi) is 7.17. The van der Waals surface area contributed by atoms with Crippen LogP contribution in [0.15, 0.2) is 18.5 Å². The lowest BCUT2D eigenvalue weighted by Crippen LogP contribution is -2.37. The van der Waals surface area contributed by atoms with Crippen molar-refractivity contribution in [3.05, 3.63) is 35.4 Å². The number of amides is 2. The minimum absolute atomic E-state index is 0.00647. The van der Waals surface area contributed by atoms with Gasteiger partial charge in [-0.15, -0.1) is 5.10 Å². The normalized spacial score (nSPS) is 14.0. The van der Waals surface area contributed by atoms with Gasteiger partial charge >= 0.3 is 5.97 Å². The molecule has 0 unspecified atom stereocenters. The fourth-order valence-corrected chi connectivity index (χ4v) is 3.34. The molecule has 0 aromatic carbocycles. The van der Waals surface area contributed by atoms with Gasteiger partial charge in [-0.25, -0.2) is 9.48 Å². The molecule has 3 heterocycles. The van der Waals surface area contributed by atoms with Gasteiger partial charge in [0, 0.05) is 32.9 Å². The molecule has 0 radical (unpaired) electrons. The molecular weight excluding hydrogens is 392 g/mol. The number of aromatic carboxylic acids is 1. The number of carboxylic acid groups (broad SMARTS) is 1. The Bertz CT molecular complexity index is 886. The predicted molar refractivity (Wildman–Crippen MR) is 105 cm³/mol. The molecule has 2 N–H and O–H groups in total. The van der Waals surface area contributed by atoms with E-state index in [4.69, 9.17) is 9.84 Å². The van der Waals surface area contributed by atoms with E-state index in [2.05, 4.69) is 15.3 Å². The fraction of sp³-hybridized carbons (Fsp3) is 0.526. The van der Waals surface area contributed by atoms with Gasteiger partial charge in [0.2, 0.25) is 5.91 Å². The zero-order valence-electron chi connectivity index (χ0n) is 16.9. The molecule has 3 rings (SSSR count). The van der Waals surface area contributed by atoms with Gasteiger partial charge in [0.05, 0.1) is 24.9 Å². The number of methoxy groups -OCH3 is 1. The van der Waals surface area contributed by atoms with Gasteiger partial charge in [-0.05, 0) is 25.3 Å². The average molecular weight is 418 g/mol. The SMILES string of the molecule is COCCN(Cc1cn(CC(=O)N2CCCCC2)nn1)C(=O)c1c[nH]c(C(=O)O)c1. The van der Waals surface area contributed by atoms with Crippen molar-refractivity contribution in [2.24, 2.45) is 0 Å². The first kappa shape index (κ1) is 21.5. The summed E-state index contributed by atoms with van der Waals surface area (Å²) in [6.45, 7) is 2.42. The van der Waals surface area contributed by atoms with Crippen LogP contribution >= 0.6 is 0 Å². The first-order valence-electron chi connectivity index (χ1n) is 9.84. The molecule has 1 aliphatic heterocycles. The highest BCUT2D eigenvalue weighted by atomic mass is 16.5. The largest absolute Gasteiger partial charge is 0.477 e. The second-order valence-corrected chi connectivity index (χ2v) is 7.18. The first-order valence-corrected chi connectivity index (χ1v) is 9.84. The monoisotopic (exact) mass is 418 g/mol. The predicted octanol–water partition coefficient (Wildman–Crippen LogP) is 0.606. The number of carboxylic acids is 1. The van der Waals surface area contributed by atoms with Crippen LogP contribution in [0, 0.1) is 0 Å². The summed E-state index contributed by atoms with van der Waals surface area (Å²) >= 11 is 0. The number of aromatic nitrogens is 4. The number of nitrogens with one attached hydrogen (secondary N) is 1. The minimum atomic E-state index is -1.14. The standard InChI is InChI=1S/C19H26N6O5/c1-30-8-7-24(18(27)14-9-16(19(28)29)20-10-14)11-15-12-25(22-21-15)13-17(26)23-5-3-2-4-6-23/h9-10,12,20H,2-8,11,13H2,1H3,(H,28,29). The van der Waals surface area contributed by atoms with Crippen molar-refractivity contribution in [1.29, 1.82) is 0 Å². The summed E-state index contributed by atoms with van der Waals surface area (Å²) in [5.74, 6) is -1.49. The summed E-state index contributed by atoms with van der Waals surface area (Å²) in [7, 11) is 1.53. The number of ether oxygens (including phenoxy) is 1. The Hall–Kier alpha value is -3.21. The smallest absolute Gasteiger partial charge is 0.352 e. The third-order valence-corrected chi connectivity index (χ3v) is 4.96. The first-order chi connectivity index (χ1) is 14.5. The maximum Gasteiger partial charge on any atom is 0.352 e. The van der Waals surface area contributed by atoms with Gasteiger partial charge < -0.3 is 24.6 Å². The lowest BCUT2D eigenvalue weighted by atomic mass is 10.1. The average Bonchev–Trinajstić information content (AvgIpc) is 3.41. The summed E-state index contributed by atoms with van der Waals surface area (Å²) < 4.78 is 6.55. The lowest BCUT2D eigenvalue weighted by Gasteiger charge is -2.26. The van der Waals surface area contributed by atoms with Gasteiger partial charge in [-0.3, -0.25) is 9.59 Å². The van der Waals surface area contributed by atoms with Crippen LogP contribution in [-0.2, 0) is 22.6 Å².